The van der Waals surface area contributed by atoms with Gasteiger partial charge in [-0.1, -0.05) is 18.7 Å². The molecule has 0 aromatic rings. The highest BCUT2D eigenvalue weighted by Crippen LogP contribution is 2.55. The van der Waals surface area contributed by atoms with E-state index >= 15 is 0 Å². The van der Waals surface area contributed by atoms with Gasteiger partial charge in [0.25, 0.3) is 0 Å². The average Bonchev–Trinajstić information content (AvgIpc) is 3.48. The Kier molecular flexibility index (Phi) is 5.90. The molecule has 9 heteroatoms. The highest BCUT2D eigenvalue weighted by molar-refractivity contribution is 5.89. The van der Waals surface area contributed by atoms with Crippen molar-refractivity contribution in [1.82, 2.24) is 0 Å². The highest BCUT2D eigenvalue weighted by Gasteiger charge is 2.63. The fraction of sp³-hybridized carbons (Fsp3) is 0.708. The molecule has 0 amide bonds. The molecule has 1 heterocycles. The second-order valence-electron chi connectivity index (χ2n) is 10.7. The van der Waals surface area contributed by atoms with Crippen LogP contribution in [0, 0.1) is 35.5 Å². The standard InChI is InChI=1S/C12H11F3O4.C12H18O2/c1-4(12(13,14)15)10(16)18-8-5-2-6-7(3-5)11(17)19-9(6)8;1-12(2,3)14-11(13)10-7-8-4-5-9(10)6-8/h5-9H,1-3H2;4-5,8-10H,6-7H2,1-3H3. The van der Waals surface area contributed by atoms with Crippen LogP contribution in [-0.2, 0) is 28.6 Å². The number of allylic oxidation sites excluding steroid dienone is 2. The number of hydrogen-bond donors (Lipinski definition) is 0. The van der Waals surface area contributed by atoms with Gasteiger partial charge in [0, 0.05) is 11.8 Å². The summed E-state index contributed by atoms with van der Waals surface area (Å²) in [6.45, 7) is 8.47. The predicted octanol–water partition coefficient (Wildman–Crippen LogP) is 4.14. The first-order chi connectivity index (χ1) is 15.2. The minimum atomic E-state index is -4.80. The van der Waals surface area contributed by atoms with E-state index in [1.165, 1.54) is 0 Å². The molecule has 1 aliphatic heterocycles. The van der Waals surface area contributed by atoms with E-state index in [9.17, 15) is 27.6 Å². The molecule has 8 atom stereocenters. The Labute approximate surface area is 190 Å². The minimum Gasteiger partial charge on any atom is -0.460 e. The predicted molar refractivity (Wildman–Crippen MR) is 109 cm³/mol. The average molecular weight is 470 g/mol. The normalized spacial score (nSPS) is 37.5. The Morgan fingerprint density at radius 1 is 1.09 bits per heavy atom. The number of carbonyl (C=O) groups excluding carboxylic acids is 3. The first-order valence-corrected chi connectivity index (χ1v) is 11.3. The van der Waals surface area contributed by atoms with Crippen LogP contribution in [0.3, 0.4) is 0 Å². The van der Waals surface area contributed by atoms with Crippen molar-refractivity contribution in [3.63, 3.8) is 0 Å². The third-order valence-corrected chi connectivity index (χ3v) is 7.23. The molecule has 5 aliphatic rings. The maximum absolute atomic E-state index is 12.3. The summed E-state index contributed by atoms with van der Waals surface area (Å²) in [5.41, 5.74) is -1.88. The SMILES string of the molecule is C=C(C(=O)OC1C2CC3C(=O)OC1C3C2)C(F)(F)F.CC(C)(C)OC(=O)C1CC2C=CC1C2. The van der Waals surface area contributed by atoms with Gasteiger partial charge >= 0.3 is 24.1 Å². The van der Waals surface area contributed by atoms with E-state index in [-0.39, 0.29) is 41.2 Å². The minimum absolute atomic E-state index is 0.00523. The van der Waals surface area contributed by atoms with Gasteiger partial charge in [-0.25, -0.2) is 4.79 Å². The molecule has 6 nitrogen and oxygen atoms in total. The summed E-state index contributed by atoms with van der Waals surface area (Å²) < 4.78 is 52.3. The van der Waals surface area contributed by atoms with Crippen LogP contribution in [0.2, 0.25) is 0 Å². The lowest BCUT2D eigenvalue weighted by molar-refractivity contribution is -0.166. The lowest BCUT2D eigenvalue weighted by Crippen LogP contribution is -2.37. The number of halogens is 3. The smallest absolute Gasteiger partial charge is 0.422 e. The fourth-order valence-electron chi connectivity index (χ4n) is 5.80. The number of carbonyl (C=O) groups is 3. The zero-order valence-electron chi connectivity index (χ0n) is 18.9. The molecular weight excluding hydrogens is 441 g/mol. The van der Waals surface area contributed by atoms with Crippen molar-refractivity contribution < 1.29 is 41.8 Å². The van der Waals surface area contributed by atoms with Crippen LogP contribution in [0.25, 0.3) is 0 Å². The van der Waals surface area contributed by atoms with Crippen molar-refractivity contribution in [1.29, 1.82) is 0 Å². The lowest BCUT2D eigenvalue weighted by atomic mass is 9.88. The van der Waals surface area contributed by atoms with E-state index in [4.69, 9.17) is 14.2 Å². The van der Waals surface area contributed by atoms with Crippen molar-refractivity contribution in [3.8, 4) is 0 Å². The monoisotopic (exact) mass is 470 g/mol. The van der Waals surface area contributed by atoms with Crippen molar-refractivity contribution in [2.75, 3.05) is 0 Å². The molecule has 0 aromatic carbocycles. The molecule has 8 unspecified atom stereocenters. The number of ether oxygens (including phenoxy) is 3. The van der Waals surface area contributed by atoms with E-state index < -0.39 is 29.9 Å². The Balaban J connectivity index is 0.000000165. The zero-order chi connectivity index (χ0) is 24.3. The van der Waals surface area contributed by atoms with Gasteiger partial charge in [0.2, 0.25) is 0 Å². The summed E-state index contributed by atoms with van der Waals surface area (Å²) >= 11 is 0. The van der Waals surface area contributed by atoms with Crippen molar-refractivity contribution in [3.05, 3.63) is 24.3 Å². The Hall–Kier alpha value is -2.32. The van der Waals surface area contributed by atoms with Crippen LogP contribution < -0.4 is 0 Å². The van der Waals surface area contributed by atoms with Gasteiger partial charge in [-0.2, -0.15) is 13.2 Å². The zero-order valence-corrected chi connectivity index (χ0v) is 18.9. The number of fused-ring (bicyclic) bond motifs is 3. The Morgan fingerprint density at radius 2 is 1.79 bits per heavy atom. The van der Waals surface area contributed by atoms with Crippen LogP contribution in [0.1, 0.15) is 46.5 Å². The molecule has 0 N–H and O–H groups in total. The van der Waals surface area contributed by atoms with E-state index in [1.807, 2.05) is 20.8 Å². The molecule has 1 saturated heterocycles. The van der Waals surface area contributed by atoms with Gasteiger partial charge in [0.15, 0.2) is 0 Å². The molecule has 5 rings (SSSR count). The van der Waals surface area contributed by atoms with Gasteiger partial charge in [-0.05, 0) is 58.3 Å². The van der Waals surface area contributed by atoms with E-state index in [0.717, 1.165) is 12.8 Å². The Bertz CT molecular complexity index is 886. The number of alkyl halides is 3. The van der Waals surface area contributed by atoms with Crippen molar-refractivity contribution in [2.45, 2.75) is 70.4 Å². The highest BCUT2D eigenvalue weighted by atomic mass is 19.4. The first-order valence-electron chi connectivity index (χ1n) is 11.3. The Morgan fingerprint density at radius 3 is 2.33 bits per heavy atom. The van der Waals surface area contributed by atoms with E-state index in [0.29, 0.717) is 24.7 Å². The third-order valence-electron chi connectivity index (χ3n) is 7.23. The van der Waals surface area contributed by atoms with Crippen LogP contribution in [0.5, 0.6) is 0 Å². The summed E-state index contributed by atoms with van der Waals surface area (Å²) in [6, 6.07) is 0. The summed E-state index contributed by atoms with van der Waals surface area (Å²) in [6.07, 6.45) is 1.62. The summed E-state index contributed by atoms with van der Waals surface area (Å²) in [4.78, 5) is 34.6. The largest absolute Gasteiger partial charge is 0.460 e. The van der Waals surface area contributed by atoms with Gasteiger partial charge in [-0.15, -0.1) is 0 Å². The van der Waals surface area contributed by atoms with E-state index in [2.05, 4.69) is 18.7 Å². The molecule has 0 spiro atoms. The maximum Gasteiger partial charge on any atom is 0.422 e. The first kappa shape index (κ1) is 23.8. The third kappa shape index (κ3) is 4.68. The molecule has 182 valence electrons. The van der Waals surface area contributed by atoms with Crippen LogP contribution in [0.15, 0.2) is 24.3 Å². The molecule has 0 radical (unpaired) electrons. The van der Waals surface area contributed by atoms with Gasteiger partial charge in [0.1, 0.15) is 23.4 Å². The number of rotatable bonds is 3. The second-order valence-corrected chi connectivity index (χ2v) is 10.7. The van der Waals surface area contributed by atoms with Crippen LogP contribution in [0.4, 0.5) is 13.2 Å². The van der Waals surface area contributed by atoms with Crippen molar-refractivity contribution in [2.24, 2.45) is 35.5 Å². The van der Waals surface area contributed by atoms with E-state index in [1.54, 1.807) is 0 Å². The fourth-order valence-corrected chi connectivity index (χ4v) is 5.80. The number of esters is 3. The van der Waals surface area contributed by atoms with Crippen LogP contribution in [-0.4, -0.2) is 41.9 Å². The lowest BCUT2D eigenvalue weighted by Gasteiger charge is -2.25. The topological polar surface area (TPSA) is 78.9 Å². The van der Waals surface area contributed by atoms with Crippen LogP contribution >= 0.6 is 0 Å². The molecule has 4 aliphatic carbocycles. The molecular formula is C24H29F3O6. The molecule has 33 heavy (non-hydrogen) atoms. The summed E-state index contributed by atoms with van der Waals surface area (Å²) in [5.74, 6) is -0.872. The maximum atomic E-state index is 12.3. The van der Waals surface area contributed by atoms with Crippen molar-refractivity contribution >= 4 is 17.9 Å². The van der Waals surface area contributed by atoms with Gasteiger partial charge in [0.05, 0.1) is 11.8 Å². The summed E-state index contributed by atoms with van der Waals surface area (Å²) in [5, 5.41) is 0. The molecule has 3 saturated carbocycles. The molecule has 4 bridgehead atoms. The quantitative estimate of drug-likeness (QED) is 0.267. The molecule has 0 aromatic heterocycles. The summed E-state index contributed by atoms with van der Waals surface area (Å²) in [7, 11) is 0. The molecule has 4 fully saturated rings. The number of hydrogen-bond acceptors (Lipinski definition) is 6. The van der Waals surface area contributed by atoms with Gasteiger partial charge in [-0.3, -0.25) is 9.59 Å². The van der Waals surface area contributed by atoms with Gasteiger partial charge < -0.3 is 14.2 Å². The second kappa shape index (κ2) is 8.17.